The van der Waals surface area contributed by atoms with Crippen LogP contribution in [0.25, 0.3) is 0 Å². The number of carbonyl (C=O) groups excluding carboxylic acids is 5. The zero-order valence-electron chi connectivity index (χ0n) is 20.5. The van der Waals surface area contributed by atoms with Gasteiger partial charge in [-0.25, -0.2) is 15.6 Å². The number of hydrogen-bond donors (Lipinski definition) is 3. The lowest BCUT2D eigenvalue weighted by atomic mass is 9.85. The highest BCUT2D eigenvalue weighted by molar-refractivity contribution is 6.16. The SMILES string of the molecule is CC(C)[C@H](NC(=O)C[C@H](NC(=O)OC(C)(C)C)c1ccccc1)C(=O)[C@@H]1C(=O)N(N)C(=O)[C@H]1C. The number of ether oxygens (including phenoxy) is 1. The van der Waals surface area contributed by atoms with E-state index in [1.807, 2.05) is 6.07 Å². The van der Waals surface area contributed by atoms with E-state index < -0.39 is 59.1 Å². The predicted molar refractivity (Wildman–Crippen MR) is 124 cm³/mol. The number of carbonyl (C=O) groups is 5. The zero-order valence-corrected chi connectivity index (χ0v) is 20.5. The van der Waals surface area contributed by atoms with Crippen molar-refractivity contribution in [2.75, 3.05) is 0 Å². The van der Waals surface area contributed by atoms with Crippen LogP contribution >= 0.6 is 0 Å². The average Bonchev–Trinajstić information content (AvgIpc) is 2.93. The number of alkyl carbamates (subject to hydrolysis) is 1. The molecule has 0 spiro atoms. The quantitative estimate of drug-likeness (QED) is 0.225. The number of hydrogen-bond acceptors (Lipinski definition) is 7. The number of rotatable bonds is 8. The first-order chi connectivity index (χ1) is 15.7. The minimum Gasteiger partial charge on any atom is -0.444 e. The Bertz CT molecular complexity index is 941. The van der Waals surface area contributed by atoms with Crippen molar-refractivity contribution in [1.29, 1.82) is 0 Å². The molecule has 10 heteroatoms. The maximum Gasteiger partial charge on any atom is 0.408 e. The van der Waals surface area contributed by atoms with Crippen molar-refractivity contribution in [3.8, 4) is 0 Å². The van der Waals surface area contributed by atoms with Gasteiger partial charge >= 0.3 is 6.09 Å². The van der Waals surface area contributed by atoms with Crippen molar-refractivity contribution < 1.29 is 28.7 Å². The summed E-state index contributed by atoms with van der Waals surface area (Å²) in [5.41, 5.74) is -0.0402. The van der Waals surface area contributed by atoms with Gasteiger partial charge in [0.1, 0.15) is 11.5 Å². The van der Waals surface area contributed by atoms with Crippen molar-refractivity contribution in [2.24, 2.45) is 23.6 Å². The molecule has 1 fully saturated rings. The fourth-order valence-electron chi connectivity index (χ4n) is 3.77. The number of imide groups is 1. The second-order valence-electron chi connectivity index (χ2n) is 9.82. The summed E-state index contributed by atoms with van der Waals surface area (Å²) in [4.78, 5) is 62.9. The van der Waals surface area contributed by atoms with Crippen LogP contribution in [0, 0.1) is 17.8 Å². The molecule has 1 aliphatic rings. The molecular formula is C24H34N4O6. The number of Topliss-reactive ketones (excluding diaryl/α,β-unsaturated/α-hetero) is 1. The maximum absolute atomic E-state index is 13.2. The fraction of sp³-hybridized carbons (Fsp3) is 0.542. The van der Waals surface area contributed by atoms with Crippen LogP contribution in [-0.4, -0.2) is 46.2 Å². The molecule has 0 radical (unpaired) electrons. The summed E-state index contributed by atoms with van der Waals surface area (Å²) in [6.45, 7) is 10.1. The highest BCUT2D eigenvalue weighted by Gasteiger charge is 2.50. The molecule has 1 saturated heterocycles. The number of nitrogens with one attached hydrogen (secondary N) is 2. The van der Waals surface area contributed by atoms with Crippen molar-refractivity contribution in [3.05, 3.63) is 35.9 Å². The van der Waals surface area contributed by atoms with Gasteiger partial charge in [-0.1, -0.05) is 51.1 Å². The van der Waals surface area contributed by atoms with Crippen molar-refractivity contribution in [1.82, 2.24) is 15.6 Å². The Labute approximate surface area is 199 Å². The largest absolute Gasteiger partial charge is 0.444 e. The minimum absolute atomic E-state index is 0.171. The zero-order chi connectivity index (χ0) is 25.8. The summed E-state index contributed by atoms with van der Waals surface area (Å²) in [6, 6.07) is 7.17. The van der Waals surface area contributed by atoms with Gasteiger partial charge in [-0.15, -0.1) is 0 Å². The van der Waals surface area contributed by atoms with Crippen LogP contribution in [0.1, 0.15) is 59.6 Å². The summed E-state index contributed by atoms with van der Waals surface area (Å²) in [5, 5.41) is 5.85. The van der Waals surface area contributed by atoms with Crippen LogP contribution in [0.5, 0.6) is 0 Å². The first kappa shape index (κ1) is 27.0. The molecule has 4 amide bonds. The van der Waals surface area contributed by atoms with Gasteiger partial charge in [0.05, 0.1) is 24.4 Å². The summed E-state index contributed by atoms with van der Waals surface area (Å²) in [7, 11) is 0. The molecular weight excluding hydrogens is 440 g/mol. The number of ketones is 1. The van der Waals surface area contributed by atoms with Crippen LogP contribution in [0.2, 0.25) is 0 Å². The summed E-state index contributed by atoms with van der Waals surface area (Å²) in [6.07, 6.45) is -0.854. The van der Waals surface area contributed by atoms with Crippen molar-refractivity contribution in [2.45, 2.75) is 65.6 Å². The van der Waals surface area contributed by atoms with Gasteiger partial charge in [-0.2, -0.15) is 0 Å². The van der Waals surface area contributed by atoms with Gasteiger partial charge in [-0.3, -0.25) is 19.2 Å². The van der Waals surface area contributed by atoms with Gasteiger partial charge in [0.25, 0.3) is 5.91 Å². The first-order valence-electron chi connectivity index (χ1n) is 11.2. The van der Waals surface area contributed by atoms with Crippen LogP contribution in [0.4, 0.5) is 4.79 Å². The van der Waals surface area contributed by atoms with Gasteiger partial charge in [0.2, 0.25) is 11.8 Å². The van der Waals surface area contributed by atoms with E-state index in [2.05, 4.69) is 10.6 Å². The van der Waals surface area contributed by atoms with E-state index in [0.29, 0.717) is 10.6 Å². The molecule has 2 rings (SSSR count). The second-order valence-corrected chi connectivity index (χ2v) is 9.82. The van der Waals surface area contributed by atoms with E-state index >= 15 is 0 Å². The molecule has 34 heavy (non-hydrogen) atoms. The van der Waals surface area contributed by atoms with E-state index in [1.54, 1.807) is 58.9 Å². The standard InChI is InChI=1S/C24H34N4O6/c1-13(2)19(20(30)18-14(3)21(31)28(25)22(18)32)27-17(29)12-16(15-10-8-7-9-11-15)26-23(33)34-24(4,5)6/h7-11,13-14,16,18-19H,12,25H2,1-6H3,(H,26,33)(H,27,29)/t14-,16-,18+,19-/m0/s1. The normalized spacial score (nSPS) is 20.2. The van der Waals surface area contributed by atoms with E-state index in [4.69, 9.17) is 10.6 Å². The Morgan fingerprint density at radius 2 is 1.65 bits per heavy atom. The maximum atomic E-state index is 13.2. The van der Waals surface area contributed by atoms with Gasteiger partial charge in [0.15, 0.2) is 5.78 Å². The summed E-state index contributed by atoms with van der Waals surface area (Å²) >= 11 is 0. The molecule has 0 saturated carbocycles. The van der Waals surface area contributed by atoms with E-state index in [0.717, 1.165) is 0 Å². The van der Waals surface area contributed by atoms with E-state index in [1.165, 1.54) is 6.92 Å². The molecule has 1 heterocycles. The molecule has 4 atom stereocenters. The van der Waals surface area contributed by atoms with Crippen LogP contribution in [0.3, 0.4) is 0 Å². The predicted octanol–water partition coefficient (Wildman–Crippen LogP) is 1.85. The van der Waals surface area contributed by atoms with Crippen LogP contribution in [-0.2, 0) is 23.9 Å². The number of benzene rings is 1. The Morgan fingerprint density at radius 1 is 1.06 bits per heavy atom. The number of amides is 4. The number of nitrogens with zero attached hydrogens (tertiary/aromatic N) is 1. The van der Waals surface area contributed by atoms with Gasteiger partial charge < -0.3 is 15.4 Å². The van der Waals surface area contributed by atoms with E-state index in [-0.39, 0.29) is 12.3 Å². The lowest BCUT2D eigenvalue weighted by Gasteiger charge is -2.26. The Balaban J connectivity index is 2.18. The van der Waals surface area contributed by atoms with Crippen LogP contribution in [0.15, 0.2) is 30.3 Å². The lowest BCUT2D eigenvalue weighted by Crippen LogP contribution is -2.50. The lowest BCUT2D eigenvalue weighted by molar-refractivity contribution is -0.142. The molecule has 10 nitrogen and oxygen atoms in total. The molecule has 0 unspecified atom stereocenters. The molecule has 1 aromatic carbocycles. The van der Waals surface area contributed by atoms with E-state index in [9.17, 15) is 24.0 Å². The topological polar surface area (TPSA) is 148 Å². The van der Waals surface area contributed by atoms with Crippen molar-refractivity contribution in [3.63, 3.8) is 0 Å². The number of nitrogens with two attached hydrogens (primary N) is 1. The molecule has 4 N–H and O–H groups in total. The summed E-state index contributed by atoms with van der Waals surface area (Å²) < 4.78 is 5.32. The van der Waals surface area contributed by atoms with Gasteiger partial charge in [0, 0.05) is 0 Å². The molecule has 0 bridgehead atoms. The number of hydrazine groups is 1. The third-order valence-corrected chi connectivity index (χ3v) is 5.51. The highest BCUT2D eigenvalue weighted by Crippen LogP contribution is 2.27. The molecule has 1 aromatic rings. The fourth-order valence-corrected chi connectivity index (χ4v) is 3.77. The Hall–Kier alpha value is -3.27. The monoisotopic (exact) mass is 474 g/mol. The molecule has 1 aliphatic heterocycles. The second kappa shape index (κ2) is 10.8. The summed E-state index contributed by atoms with van der Waals surface area (Å²) in [5.74, 6) is 0.467. The van der Waals surface area contributed by atoms with Crippen molar-refractivity contribution >= 4 is 29.6 Å². The third-order valence-electron chi connectivity index (χ3n) is 5.51. The Kier molecular flexibility index (Phi) is 8.55. The molecule has 0 aliphatic carbocycles. The molecule has 0 aromatic heterocycles. The van der Waals surface area contributed by atoms with Gasteiger partial charge in [-0.05, 0) is 32.3 Å². The molecule has 186 valence electrons. The Morgan fingerprint density at radius 3 is 2.12 bits per heavy atom. The smallest absolute Gasteiger partial charge is 0.408 e. The van der Waals surface area contributed by atoms with Crippen LogP contribution < -0.4 is 16.5 Å². The minimum atomic E-state index is -1.25. The first-order valence-corrected chi connectivity index (χ1v) is 11.2. The average molecular weight is 475 g/mol. The highest BCUT2D eigenvalue weighted by atomic mass is 16.6. The third kappa shape index (κ3) is 6.63.